The number of nitrogens with one attached hydrogen (secondary N) is 2. The SMILES string of the molecule is CCC(C)S(=O)(=O)NCCCc1ccc2c(c1)C(Cc1cccc(F)c1)C(NC(=O)OC(C)(C)C)CC2. The number of aryl methyl sites for hydroxylation is 2. The number of rotatable bonds is 10. The number of alkyl carbamates (subject to hydrolysis) is 1. The van der Waals surface area contributed by atoms with Crippen molar-refractivity contribution >= 4 is 16.1 Å². The number of benzene rings is 2. The van der Waals surface area contributed by atoms with Gasteiger partial charge < -0.3 is 10.1 Å². The van der Waals surface area contributed by atoms with Crippen LogP contribution in [-0.4, -0.2) is 37.9 Å². The van der Waals surface area contributed by atoms with Gasteiger partial charge in [0.15, 0.2) is 0 Å². The lowest BCUT2D eigenvalue weighted by molar-refractivity contribution is 0.0491. The van der Waals surface area contributed by atoms with Gasteiger partial charge in [-0.05, 0) is 101 Å². The van der Waals surface area contributed by atoms with Gasteiger partial charge in [0.2, 0.25) is 10.0 Å². The molecule has 3 atom stereocenters. The van der Waals surface area contributed by atoms with Gasteiger partial charge in [-0.3, -0.25) is 0 Å². The molecular weight excluding hydrogens is 491 g/mol. The van der Waals surface area contributed by atoms with Crippen LogP contribution in [0.15, 0.2) is 42.5 Å². The van der Waals surface area contributed by atoms with E-state index in [2.05, 4.69) is 28.2 Å². The van der Waals surface area contributed by atoms with E-state index < -0.39 is 27.0 Å². The van der Waals surface area contributed by atoms with Crippen LogP contribution in [0, 0.1) is 5.82 Å². The number of amides is 1. The zero-order valence-corrected chi connectivity index (χ0v) is 23.5. The first-order chi connectivity index (χ1) is 17.4. The molecule has 0 aromatic heterocycles. The summed E-state index contributed by atoms with van der Waals surface area (Å²) < 4.78 is 46.7. The highest BCUT2D eigenvalue weighted by Crippen LogP contribution is 2.36. The molecule has 0 heterocycles. The van der Waals surface area contributed by atoms with Crippen LogP contribution in [-0.2, 0) is 34.0 Å². The van der Waals surface area contributed by atoms with Crippen LogP contribution in [0.1, 0.15) is 82.1 Å². The summed E-state index contributed by atoms with van der Waals surface area (Å²) in [5.41, 5.74) is 3.76. The highest BCUT2D eigenvalue weighted by atomic mass is 32.2. The number of fused-ring (bicyclic) bond motifs is 1. The van der Waals surface area contributed by atoms with Crippen LogP contribution in [0.5, 0.6) is 0 Å². The number of sulfonamides is 1. The van der Waals surface area contributed by atoms with E-state index >= 15 is 0 Å². The summed E-state index contributed by atoms with van der Waals surface area (Å²) >= 11 is 0. The minimum atomic E-state index is -3.29. The zero-order chi connectivity index (χ0) is 27.2. The Morgan fingerprint density at radius 2 is 1.92 bits per heavy atom. The zero-order valence-electron chi connectivity index (χ0n) is 22.6. The van der Waals surface area contributed by atoms with Gasteiger partial charge >= 0.3 is 6.09 Å². The molecule has 37 heavy (non-hydrogen) atoms. The average molecular weight is 533 g/mol. The standard InChI is InChI=1S/C29H41FN2O4S/c1-6-20(2)37(34,35)31-16-8-10-21-12-13-23-14-15-27(32-28(33)36-29(3,4)5)26(25(23)18-21)19-22-9-7-11-24(30)17-22/h7,9,11-13,17-18,20,26-27,31H,6,8,10,14-16,19H2,1-5H3,(H,32,33). The van der Waals surface area contributed by atoms with Crippen molar-refractivity contribution in [2.75, 3.05) is 6.54 Å². The van der Waals surface area contributed by atoms with E-state index in [9.17, 15) is 17.6 Å². The Morgan fingerprint density at radius 1 is 1.16 bits per heavy atom. The fraction of sp³-hybridized carbons (Fsp3) is 0.552. The fourth-order valence-electron chi connectivity index (χ4n) is 4.77. The second-order valence-corrected chi connectivity index (χ2v) is 13.2. The highest BCUT2D eigenvalue weighted by Gasteiger charge is 2.32. The second-order valence-electron chi connectivity index (χ2n) is 11.0. The Balaban J connectivity index is 1.78. The normalized spacial score (nSPS) is 18.6. The van der Waals surface area contributed by atoms with Crippen LogP contribution < -0.4 is 10.0 Å². The Hall–Kier alpha value is -2.45. The molecule has 0 saturated heterocycles. The molecule has 1 aliphatic carbocycles. The van der Waals surface area contributed by atoms with E-state index in [1.165, 1.54) is 11.6 Å². The van der Waals surface area contributed by atoms with Gasteiger partial charge in [-0.15, -0.1) is 0 Å². The molecule has 2 aromatic carbocycles. The van der Waals surface area contributed by atoms with E-state index in [4.69, 9.17) is 4.74 Å². The summed E-state index contributed by atoms with van der Waals surface area (Å²) in [5.74, 6) is -0.319. The molecule has 0 fully saturated rings. The number of ether oxygens (including phenoxy) is 1. The minimum absolute atomic E-state index is 0.0399. The number of carbonyl (C=O) groups excluding carboxylic acids is 1. The van der Waals surface area contributed by atoms with Crippen molar-refractivity contribution in [1.82, 2.24) is 10.0 Å². The van der Waals surface area contributed by atoms with Crippen molar-refractivity contribution in [1.29, 1.82) is 0 Å². The first-order valence-electron chi connectivity index (χ1n) is 13.2. The number of halogens is 1. The van der Waals surface area contributed by atoms with Gasteiger partial charge in [-0.2, -0.15) is 0 Å². The lowest BCUT2D eigenvalue weighted by Crippen LogP contribution is -2.44. The van der Waals surface area contributed by atoms with Gasteiger partial charge in [0.05, 0.1) is 5.25 Å². The van der Waals surface area contributed by atoms with Crippen LogP contribution in [0.3, 0.4) is 0 Å². The molecule has 6 nitrogen and oxygen atoms in total. The Bertz CT molecular complexity index is 1180. The van der Waals surface area contributed by atoms with Gasteiger partial charge in [0, 0.05) is 18.5 Å². The monoisotopic (exact) mass is 532 g/mol. The quantitative estimate of drug-likeness (QED) is 0.388. The van der Waals surface area contributed by atoms with Crippen LogP contribution in [0.25, 0.3) is 0 Å². The first-order valence-corrected chi connectivity index (χ1v) is 14.8. The van der Waals surface area contributed by atoms with E-state index in [0.29, 0.717) is 25.8 Å². The molecule has 2 aromatic rings. The van der Waals surface area contributed by atoms with E-state index in [0.717, 1.165) is 36.0 Å². The Kier molecular flexibility index (Phi) is 9.75. The molecule has 3 unspecified atom stereocenters. The molecule has 0 bridgehead atoms. The molecule has 1 aliphatic rings. The summed E-state index contributed by atoms with van der Waals surface area (Å²) in [6.45, 7) is 9.47. The van der Waals surface area contributed by atoms with E-state index in [1.54, 1.807) is 19.1 Å². The van der Waals surface area contributed by atoms with Crippen molar-refractivity contribution in [2.45, 2.75) is 96.0 Å². The van der Waals surface area contributed by atoms with Gasteiger partial charge in [0.25, 0.3) is 0 Å². The molecule has 1 amide bonds. The van der Waals surface area contributed by atoms with Crippen molar-refractivity contribution in [3.05, 3.63) is 70.5 Å². The van der Waals surface area contributed by atoms with Gasteiger partial charge in [-0.25, -0.2) is 22.3 Å². The molecule has 3 rings (SSSR count). The van der Waals surface area contributed by atoms with Gasteiger partial charge in [-0.1, -0.05) is 37.3 Å². The summed E-state index contributed by atoms with van der Waals surface area (Å²) in [5, 5.41) is 2.67. The van der Waals surface area contributed by atoms with Crippen molar-refractivity contribution in [2.24, 2.45) is 0 Å². The third-order valence-corrected chi connectivity index (χ3v) is 8.92. The predicted molar refractivity (Wildman–Crippen MR) is 146 cm³/mol. The Morgan fingerprint density at radius 3 is 2.59 bits per heavy atom. The van der Waals surface area contributed by atoms with Crippen LogP contribution in [0.2, 0.25) is 0 Å². The second kappa shape index (κ2) is 12.4. The number of carbonyl (C=O) groups is 1. The largest absolute Gasteiger partial charge is 0.444 e. The maximum absolute atomic E-state index is 14.0. The molecule has 0 spiro atoms. The molecule has 204 valence electrons. The lowest BCUT2D eigenvalue weighted by atomic mass is 9.75. The first kappa shape index (κ1) is 29.1. The predicted octanol–water partition coefficient (Wildman–Crippen LogP) is 5.64. The topological polar surface area (TPSA) is 84.5 Å². The number of hydrogen-bond acceptors (Lipinski definition) is 4. The lowest BCUT2D eigenvalue weighted by Gasteiger charge is -2.35. The molecule has 0 aliphatic heterocycles. The molecule has 0 radical (unpaired) electrons. The molecule has 2 N–H and O–H groups in total. The third kappa shape index (κ3) is 8.54. The maximum atomic E-state index is 14.0. The smallest absolute Gasteiger partial charge is 0.407 e. The minimum Gasteiger partial charge on any atom is -0.444 e. The number of hydrogen-bond donors (Lipinski definition) is 2. The third-order valence-electron chi connectivity index (χ3n) is 6.92. The van der Waals surface area contributed by atoms with E-state index in [1.807, 2.05) is 33.8 Å². The van der Waals surface area contributed by atoms with Crippen molar-refractivity contribution in [3.8, 4) is 0 Å². The maximum Gasteiger partial charge on any atom is 0.407 e. The van der Waals surface area contributed by atoms with Gasteiger partial charge in [0.1, 0.15) is 11.4 Å². The fourth-order valence-corrected chi connectivity index (χ4v) is 5.92. The summed E-state index contributed by atoms with van der Waals surface area (Å²) in [7, 11) is -3.29. The summed E-state index contributed by atoms with van der Waals surface area (Å²) in [6, 6.07) is 12.9. The summed E-state index contributed by atoms with van der Waals surface area (Å²) in [6.07, 6.45) is 3.72. The molecule has 8 heteroatoms. The van der Waals surface area contributed by atoms with Crippen LogP contribution >= 0.6 is 0 Å². The Labute approximate surface area is 221 Å². The molecular formula is C29H41FN2O4S. The highest BCUT2D eigenvalue weighted by molar-refractivity contribution is 7.90. The summed E-state index contributed by atoms with van der Waals surface area (Å²) in [4.78, 5) is 12.6. The van der Waals surface area contributed by atoms with E-state index in [-0.39, 0.29) is 17.8 Å². The molecule has 0 saturated carbocycles. The average Bonchev–Trinajstić information content (AvgIpc) is 2.81. The van der Waals surface area contributed by atoms with Crippen LogP contribution in [0.4, 0.5) is 9.18 Å². The van der Waals surface area contributed by atoms with Crippen molar-refractivity contribution < 1.29 is 22.3 Å². The van der Waals surface area contributed by atoms with Crippen molar-refractivity contribution in [3.63, 3.8) is 0 Å².